The standard InChI is InChI=1S/C20H27N5O3/c1-2-27-18-7-4-3-6-17(18)23-20(26)28-15-5-10-24-11-13-25(14-12-24)19-8-9-21-16-22-19/h3-4,6-9,16H,2,5,10-15H2,1H3,(H,23,26). The molecule has 3 rings (SSSR count). The fourth-order valence-corrected chi connectivity index (χ4v) is 3.12. The number of aromatic nitrogens is 2. The van der Waals surface area contributed by atoms with Crippen molar-refractivity contribution in [1.82, 2.24) is 14.9 Å². The largest absolute Gasteiger partial charge is 0.492 e. The van der Waals surface area contributed by atoms with E-state index < -0.39 is 6.09 Å². The van der Waals surface area contributed by atoms with Crippen molar-refractivity contribution >= 4 is 17.6 Å². The number of amides is 1. The summed E-state index contributed by atoms with van der Waals surface area (Å²) in [7, 11) is 0. The fourth-order valence-electron chi connectivity index (χ4n) is 3.12. The van der Waals surface area contributed by atoms with Crippen molar-refractivity contribution in [3.8, 4) is 5.75 Å². The number of anilines is 2. The van der Waals surface area contributed by atoms with Gasteiger partial charge in [0.15, 0.2) is 0 Å². The molecule has 28 heavy (non-hydrogen) atoms. The van der Waals surface area contributed by atoms with E-state index in [2.05, 4.69) is 25.1 Å². The maximum Gasteiger partial charge on any atom is 0.411 e. The second kappa shape index (κ2) is 10.5. The van der Waals surface area contributed by atoms with Gasteiger partial charge in [0, 0.05) is 38.9 Å². The summed E-state index contributed by atoms with van der Waals surface area (Å²) in [6.45, 7) is 7.55. The molecule has 0 atom stereocenters. The number of piperazine rings is 1. The molecule has 1 aromatic carbocycles. The highest BCUT2D eigenvalue weighted by atomic mass is 16.5. The fraction of sp³-hybridized carbons (Fsp3) is 0.450. The lowest BCUT2D eigenvalue weighted by Gasteiger charge is -2.35. The molecule has 0 aliphatic carbocycles. The zero-order chi connectivity index (χ0) is 19.6. The first-order valence-corrected chi connectivity index (χ1v) is 9.65. The number of benzene rings is 1. The number of nitrogens with one attached hydrogen (secondary N) is 1. The quantitative estimate of drug-likeness (QED) is 0.700. The van der Waals surface area contributed by atoms with Crippen LogP contribution in [0, 0.1) is 0 Å². The van der Waals surface area contributed by atoms with Gasteiger partial charge in [0.25, 0.3) is 0 Å². The summed E-state index contributed by atoms with van der Waals surface area (Å²) >= 11 is 0. The van der Waals surface area contributed by atoms with E-state index in [0.717, 1.165) is 45.0 Å². The highest BCUT2D eigenvalue weighted by Crippen LogP contribution is 2.23. The molecule has 0 unspecified atom stereocenters. The van der Waals surface area contributed by atoms with Crippen LogP contribution >= 0.6 is 0 Å². The zero-order valence-corrected chi connectivity index (χ0v) is 16.2. The minimum atomic E-state index is -0.458. The molecule has 1 amide bonds. The lowest BCUT2D eigenvalue weighted by molar-refractivity contribution is 0.150. The summed E-state index contributed by atoms with van der Waals surface area (Å²) in [5.74, 6) is 1.62. The number of nitrogens with zero attached hydrogens (tertiary/aromatic N) is 4. The molecule has 0 radical (unpaired) electrons. The van der Waals surface area contributed by atoms with E-state index in [0.29, 0.717) is 24.7 Å². The van der Waals surface area contributed by atoms with Crippen molar-refractivity contribution in [1.29, 1.82) is 0 Å². The van der Waals surface area contributed by atoms with E-state index in [1.807, 2.05) is 31.2 Å². The van der Waals surface area contributed by atoms with E-state index >= 15 is 0 Å². The smallest absolute Gasteiger partial charge is 0.411 e. The van der Waals surface area contributed by atoms with Crippen molar-refractivity contribution < 1.29 is 14.3 Å². The Morgan fingerprint density at radius 3 is 2.75 bits per heavy atom. The van der Waals surface area contributed by atoms with Crippen LogP contribution in [0.1, 0.15) is 13.3 Å². The molecule has 1 aromatic heterocycles. The summed E-state index contributed by atoms with van der Waals surface area (Å²) in [5, 5.41) is 2.74. The van der Waals surface area contributed by atoms with Gasteiger partial charge in [-0.25, -0.2) is 14.8 Å². The second-order valence-electron chi connectivity index (χ2n) is 6.44. The Balaban J connectivity index is 1.32. The molecule has 8 heteroatoms. The van der Waals surface area contributed by atoms with Gasteiger partial charge in [-0.3, -0.25) is 10.2 Å². The van der Waals surface area contributed by atoms with Gasteiger partial charge in [-0.1, -0.05) is 12.1 Å². The number of hydrogen-bond acceptors (Lipinski definition) is 7. The van der Waals surface area contributed by atoms with Gasteiger partial charge < -0.3 is 14.4 Å². The molecule has 0 bridgehead atoms. The third kappa shape index (κ3) is 5.82. The zero-order valence-electron chi connectivity index (χ0n) is 16.2. The van der Waals surface area contributed by atoms with Crippen LogP contribution in [0.2, 0.25) is 0 Å². The third-order valence-electron chi connectivity index (χ3n) is 4.54. The molecule has 150 valence electrons. The molecule has 0 spiro atoms. The molecule has 8 nitrogen and oxygen atoms in total. The number of hydrogen-bond donors (Lipinski definition) is 1. The Morgan fingerprint density at radius 1 is 1.18 bits per heavy atom. The van der Waals surface area contributed by atoms with Crippen LogP contribution in [0.15, 0.2) is 42.9 Å². The molecule has 1 saturated heterocycles. The van der Waals surface area contributed by atoms with Crippen molar-refractivity contribution in [2.24, 2.45) is 0 Å². The monoisotopic (exact) mass is 385 g/mol. The molecule has 1 N–H and O–H groups in total. The van der Waals surface area contributed by atoms with E-state index in [1.54, 1.807) is 18.6 Å². The van der Waals surface area contributed by atoms with Crippen LogP contribution in [-0.4, -0.2) is 66.9 Å². The van der Waals surface area contributed by atoms with Crippen LogP contribution < -0.4 is 15.0 Å². The Hall–Kier alpha value is -2.87. The molecule has 0 saturated carbocycles. The van der Waals surface area contributed by atoms with Gasteiger partial charge in [0.2, 0.25) is 0 Å². The van der Waals surface area contributed by atoms with Gasteiger partial charge >= 0.3 is 6.09 Å². The van der Waals surface area contributed by atoms with E-state index in [1.165, 1.54) is 0 Å². The van der Waals surface area contributed by atoms with Gasteiger partial charge in [0.1, 0.15) is 17.9 Å². The predicted molar refractivity (Wildman–Crippen MR) is 108 cm³/mol. The Kier molecular flexibility index (Phi) is 7.43. The first-order chi connectivity index (χ1) is 13.8. The average molecular weight is 385 g/mol. The maximum absolute atomic E-state index is 12.0. The summed E-state index contributed by atoms with van der Waals surface area (Å²) in [6, 6.07) is 9.26. The van der Waals surface area contributed by atoms with Crippen molar-refractivity contribution in [2.75, 3.05) is 56.2 Å². The first-order valence-electron chi connectivity index (χ1n) is 9.65. The highest BCUT2D eigenvalue weighted by molar-refractivity contribution is 5.86. The van der Waals surface area contributed by atoms with E-state index in [-0.39, 0.29) is 0 Å². The molecule has 2 aromatic rings. The molecule has 1 aliphatic rings. The number of carbonyl (C=O) groups is 1. The summed E-state index contributed by atoms with van der Waals surface area (Å²) in [4.78, 5) is 24.9. The van der Waals surface area contributed by atoms with E-state index in [4.69, 9.17) is 9.47 Å². The predicted octanol–water partition coefficient (Wildman–Crippen LogP) is 2.64. The molecule has 1 aliphatic heterocycles. The van der Waals surface area contributed by atoms with Crippen molar-refractivity contribution in [2.45, 2.75) is 13.3 Å². The maximum atomic E-state index is 12.0. The molecular weight excluding hydrogens is 358 g/mol. The minimum Gasteiger partial charge on any atom is -0.492 e. The number of rotatable bonds is 8. The molecular formula is C20H27N5O3. The number of ether oxygens (including phenoxy) is 2. The van der Waals surface area contributed by atoms with Crippen molar-refractivity contribution in [3.05, 3.63) is 42.9 Å². The van der Waals surface area contributed by atoms with Gasteiger partial charge in [-0.15, -0.1) is 0 Å². The summed E-state index contributed by atoms with van der Waals surface area (Å²) < 4.78 is 10.8. The SMILES string of the molecule is CCOc1ccccc1NC(=O)OCCCN1CCN(c2ccncn2)CC1. The minimum absolute atomic E-state index is 0.384. The highest BCUT2D eigenvalue weighted by Gasteiger charge is 2.17. The van der Waals surface area contributed by atoms with E-state index in [9.17, 15) is 4.79 Å². The number of para-hydroxylation sites is 2. The van der Waals surface area contributed by atoms with Crippen molar-refractivity contribution in [3.63, 3.8) is 0 Å². The molecule has 1 fully saturated rings. The van der Waals surface area contributed by atoms with Crippen LogP contribution in [0.4, 0.5) is 16.3 Å². The number of carbonyl (C=O) groups excluding carboxylic acids is 1. The Bertz CT molecular complexity index is 736. The summed E-state index contributed by atoms with van der Waals surface area (Å²) in [5.41, 5.74) is 0.621. The first kappa shape index (κ1) is 19.9. The van der Waals surface area contributed by atoms with Crippen LogP contribution in [-0.2, 0) is 4.74 Å². The molecule has 2 heterocycles. The Morgan fingerprint density at radius 2 is 2.00 bits per heavy atom. The van der Waals surface area contributed by atoms with Crippen LogP contribution in [0.3, 0.4) is 0 Å². The third-order valence-corrected chi connectivity index (χ3v) is 4.54. The second-order valence-corrected chi connectivity index (χ2v) is 6.44. The van der Waals surface area contributed by atoms with Gasteiger partial charge in [-0.2, -0.15) is 0 Å². The van der Waals surface area contributed by atoms with Gasteiger partial charge in [-0.05, 0) is 31.5 Å². The van der Waals surface area contributed by atoms with Crippen LogP contribution in [0.5, 0.6) is 5.75 Å². The topological polar surface area (TPSA) is 79.8 Å². The van der Waals surface area contributed by atoms with Crippen LogP contribution in [0.25, 0.3) is 0 Å². The Labute approximate surface area is 165 Å². The van der Waals surface area contributed by atoms with Gasteiger partial charge in [0.05, 0.1) is 18.9 Å². The normalized spacial score (nSPS) is 14.5. The lowest BCUT2D eigenvalue weighted by Crippen LogP contribution is -2.47. The lowest BCUT2D eigenvalue weighted by atomic mass is 10.3. The summed E-state index contributed by atoms with van der Waals surface area (Å²) in [6.07, 6.45) is 3.69. The average Bonchev–Trinajstić information content (AvgIpc) is 2.74.